The summed E-state index contributed by atoms with van der Waals surface area (Å²) >= 11 is 0. The lowest BCUT2D eigenvalue weighted by atomic mass is 9.75. The van der Waals surface area contributed by atoms with Gasteiger partial charge in [-0.25, -0.2) is 12.7 Å². The fraction of sp³-hybridized carbons (Fsp3) is 0.846. The van der Waals surface area contributed by atoms with Gasteiger partial charge in [-0.05, 0) is 19.3 Å². The molecule has 21 heavy (non-hydrogen) atoms. The van der Waals surface area contributed by atoms with Crippen molar-refractivity contribution in [1.29, 1.82) is 0 Å². The minimum absolute atomic E-state index is 0.186. The third-order valence-corrected chi connectivity index (χ3v) is 5.92. The molecule has 8 heteroatoms. The Morgan fingerprint density at radius 2 is 1.86 bits per heavy atom. The average Bonchev–Trinajstić information content (AvgIpc) is 2.45. The van der Waals surface area contributed by atoms with Gasteiger partial charge in [-0.2, -0.15) is 0 Å². The molecule has 0 aromatic carbocycles. The number of carboxylic acids is 1. The van der Waals surface area contributed by atoms with Crippen LogP contribution in [0.25, 0.3) is 0 Å². The number of hydrogen-bond acceptors (Lipinski definition) is 5. The molecule has 1 saturated heterocycles. The van der Waals surface area contributed by atoms with Crippen LogP contribution in [0.1, 0.15) is 39.0 Å². The second-order valence-electron chi connectivity index (χ2n) is 5.38. The van der Waals surface area contributed by atoms with Gasteiger partial charge in [0, 0.05) is 13.1 Å². The minimum atomic E-state index is -3.54. The highest BCUT2D eigenvalue weighted by molar-refractivity contribution is 7.89. The van der Waals surface area contributed by atoms with E-state index in [0.717, 1.165) is 6.42 Å². The molecule has 0 aliphatic carbocycles. The van der Waals surface area contributed by atoms with Crippen molar-refractivity contribution in [3.05, 3.63) is 0 Å². The van der Waals surface area contributed by atoms with Crippen molar-refractivity contribution in [2.24, 2.45) is 5.41 Å². The highest BCUT2D eigenvalue weighted by Crippen LogP contribution is 2.37. The van der Waals surface area contributed by atoms with Crippen molar-refractivity contribution in [2.45, 2.75) is 39.0 Å². The standard InChI is InChI=1S/C13H23NO6S/c1-3-5-13(12(16)17)6-8-14(9-7-13)21(18,19)10-4-11(15)20-2/h3-10H2,1-2H3,(H,16,17). The van der Waals surface area contributed by atoms with Crippen molar-refractivity contribution >= 4 is 22.0 Å². The highest BCUT2D eigenvalue weighted by Gasteiger charge is 2.42. The molecule has 0 atom stereocenters. The molecule has 0 spiro atoms. The molecule has 1 N–H and O–H groups in total. The maximum Gasteiger partial charge on any atom is 0.309 e. The summed E-state index contributed by atoms with van der Waals surface area (Å²) < 4.78 is 29.9. The zero-order valence-electron chi connectivity index (χ0n) is 12.5. The first-order chi connectivity index (χ1) is 9.77. The first-order valence-corrected chi connectivity index (χ1v) is 8.66. The number of hydrogen-bond donors (Lipinski definition) is 1. The molecule has 0 aromatic rings. The predicted octanol–water partition coefficient (Wildman–Crippen LogP) is 0.846. The summed E-state index contributed by atoms with van der Waals surface area (Å²) in [6.45, 7) is 2.30. The van der Waals surface area contributed by atoms with Gasteiger partial charge in [-0.1, -0.05) is 13.3 Å². The Balaban J connectivity index is 2.66. The number of carbonyl (C=O) groups excluding carboxylic acids is 1. The molecule has 1 aliphatic heterocycles. The van der Waals surface area contributed by atoms with E-state index in [9.17, 15) is 23.1 Å². The molecule has 0 saturated carbocycles. The molecule has 0 bridgehead atoms. The van der Waals surface area contributed by atoms with E-state index in [1.165, 1.54) is 11.4 Å². The normalized spacial score (nSPS) is 19.1. The van der Waals surface area contributed by atoms with Gasteiger partial charge in [0.15, 0.2) is 0 Å². The van der Waals surface area contributed by atoms with E-state index in [1.54, 1.807) is 0 Å². The Bertz CT molecular complexity index is 479. The van der Waals surface area contributed by atoms with Gasteiger partial charge in [-0.3, -0.25) is 9.59 Å². The minimum Gasteiger partial charge on any atom is -0.481 e. The highest BCUT2D eigenvalue weighted by atomic mass is 32.2. The molecule has 1 fully saturated rings. The van der Waals surface area contributed by atoms with Gasteiger partial charge in [0.1, 0.15) is 0 Å². The lowest BCUT2D eigenvalue weighted by Gasteiger charge is -2.38. The number of piperidine rings is 1. The maximum absolute atomic E-state index is 12.1. The maximum atomic E-state index is 12.1. The zero-order chi connectivity index (χ0) is 16.1. The third-order valence-electron chi connectivity index (χ3n) is 4.05. The fourth-order valence-corrected chi connectivity index (χ4v) is 4.11. The smallest absolute Gasteiger partial charge is 0.309 e. The molecule has 0 aromatic heterocycles. The molecule has 1 heterocycles. The lowest BCUT2D eigenvalue weighted by Crippen LogP contribution is -2.47. The van der Waals surface area contributed by atoms with E-state index in [2.05, 4.69) is 4.74 Å². The van der Waals surface area contributed by atoms with Crippen LogP contribution in [0.2, 0.25) is 0 Å². The summed E-state index contributed by atoms with van der Waals surface area (Å²) in [7, 11) is -2.33. The first kappa shape index (κ1) is 17.9. The summed E-state index contributed by atoms with van der Waals surface area (Å²) in [5.74, 6) is -1.72. The predicted molar refractivity (Wildman–Crippen MR) is 76.2 cm³/mol. The number of carbonyl (C=O) groups is 2. The number of nitrogens with zero attached hydrogens (tertiary/aromatic N) is 1. The van der Waals surface area contributed by atoms with Crippen LogP contribution in [0.15, 0.2) is 0 Å². The van der Waals surface area contributed by atoms with E-state index in [1.807, 2.05) is 6.92 Å². The Hall–Kier alpha value is -1.15. The zero-order valence-corrected chi connectivity index (χ0v) is 13.3. The van der Waals surface area contributed by atoms with Gasteiger partial charge >= 0.3 is 11.9 Å². The van der Waals surface area contributed by atoms with E-state index in [0.29, 0.717) is 19.3 Å². The average molecular weight is 321 g/mol. The van der Waals surface area contributed by atoms with Gasteiger partial charge in [0.25, 0.3) is 0 Å². The molecule has 122 valence electrons. The molecular weight excluding hydrogens is 298 g/mol. The SMILES string of the molecule is CCCC1(C(=O)O)CCN(S(=O)(=O)CCC(=O)OC)CC1. The lowest BCUT2D eigenvalue weighted by molar-refractivity contribution is -0.152. The fourth-order valence-electron chi connectivity index (χ4n) is 2.69. The van der Waals surface area contributed by atoms with Gasteiger partial charge < -0.3 is 9.84 Å². The number of methoxy groups -OCH3 is 1. The van der Waals surface area contributed by atoms with Crippen LogP contribution in [-0.4, -0.2) is 55.7 Å². The molecule has 0 unspecified atom stereocenters. The van der Waals surface area contributed by atoms with Crippen LogP contribution < -0.4 is 0 Å². The van der Waals surface area contributed by atoms with Crippen LogP contribution in [0.3, 0.4) is 0 Å². The van der Waals surface area contributed by atoms with Crippen molar-refractivity contribution in [3.63, 3.8) is 0 Å². The van der Waals surface area contributed by atoms with Gasteiger partial charge in [0.05, 0.1) is 24.7 Å². The number of carboxylic acid groups (broad SMARTS) is 1. The van der Waals surface area contributed by atoms with Crippen LogP contribution >= 0.6 is 0 Å². The second kappa shape index (κ2) is 7.22. The van der Waals surface area contributed by atoms with Crippen molar-refractivity contribution in [2.75, 3.05) is 26.0 Å². The molecule has 0 amide bonds. The van der Waals surface area contributed by atoms with E-state index < -0.39 is 27.4 Å². The first-order valence-electron chi connectivity index (χ1n) is 7.05. The Morgan fingerprint density at radius 3 is 2.29 bits per heavy atom. The summed E-state index contributed by atoms with van der Waals surface area (Å²) in [5.41, 5.74) is -0.816. The van der Waals surface area contributed by atoms with Crippen molar-refractivity contribution < 1.29 is 27.9 Å². The number of aliphatic carboxylic acids is 1. The van der Waals surface area contributed by atoms with Gasteiger partial charge in [-0.15, -0.1) is 0 Å². The van der Waals surface area contributed by atoms with Crippen molar-refractivity contribution in [3.8, 4) is 0 Å². The van der Waals surface area contributed by atoms with Crippen LogP contribution in [0.4, 0.5) is 0 Å². The van der Waals surface area contributed by atoms with E-state index in [-0.39, 0.29) is 25.3 Å². The van der Waals surface area contributed by atoms with E-state index >= 15 is 0 Å². The molecule has 0 radical (unpaired) electrons. The Morgan fingerprint density at radius 1 is 1.29 bits per heavy atom. The largest absolute Gasteiger partial charge is 0.481 e. The number of esters is 1. The quantitative estimate of drug-likeness (QED) is 0.698. The molecule has 7 nitrogen and oxygen atoms in total. The summed E-state index contributed by atoms with van der Waals surface area (Å²) in [4.78, 5) is 22.5. The summed E-state index contributed by atoms with van der Waals surface area (Å²) in [6, 6.07) is 0. The van der Waals surface area contributed by atoms with Crippen molar-refractivity contribution in [1.82, 2.24) is 4.31 Å². The Labute approximate surface area is 125 Å². The number of ether oxygens (including phenoxy) is 1. The summed E-state index contributed by atoms with van der Waals surface area (Å²) in [5, 5.41) is 9.39. The topological polar surface area (TPSA) is 101 Å². The van der Waals surface area contributed by atoms with Crippen LogP contribution in [0.5, 0.6) is 0 Å². The molecular formula is C13H23NO6S. The van der Waals surface area contributed by atoms with Crippen LogP contribution in [0, 0.1) is 5.41 Å². The number of sulfonamides is 1. The van der Waals surface area contributed by atoms with Gasteiger partial charge in [0.2, 0.25) is 10.0 Å². The van der Waals surface area contributed by atoms with Crippen LogP contribution in [-0.2, 0) is 24.3 Å². The molecule has 1 aliphatic rings. The summed E-state index contributed by atoms with van der Waals surface area (Å²) in [6.07, 6.45) is 1.75. The molecule has 1 rings (SSSR count). The second-order valence-corrected chi connectivity index (χ2v) is 7.47. The monoisotopic (exact) mass is 321 g/mol. The Kier molecular flexibility index (Phi) is 6.15. The van der Waals surface area contributed by atoms with E-state index in [4.69, 9.17) is 0 Å². The third kappa shape index (κ3) is 4.41. The number of rotatable bonds is 7.